The van der Waals surface area contributed by atoms with Crippen LogP contribution in [0.25, 0.3) is 11.4 Å². The minimum Gasteiger partial charge on any atom is -0.497 e. The fourth-order valence-electron chi connectivity index (χ4n) is 2.69. The van der Waals surface area contributed by atoms with Crippen LogP contribution in [0.2, 0.25) is 0 Å². The van der Waals surface area contributed by atoms with Gasteiger partial charge in [0.2, 0.25) is 11.1 Å². The highest BCUT2D eigenvalue weighted by atomic mass is 32.2. The lowest BCUT2D eigenvalue weighted by Crippen LogP contribution is -2.18. The van der Waals surface area contributed by atoms with Gasteiger partial charge in [-0.05, 0) is 42.5 Å². The number of anilines is 1. The zero-order valence-corrected chi connectivity index (χ0v) is 18.3. The minimum absolute atomic E-state index is 0.0248. The number of amides is 1. The summed E-state index contributed by atoms with van der Waals surface area (Å²) in [6.07, 6.45) is 0. The van der Waals surface area contributed by atoms with E-state index in [1.807, 2.05) is 12.1 Å². The van der Waals surface area contributed by atoms with Gasteiger partial charge in [-0.2, -0.15) is 0 Å². The molecule has 0 bridgehead atoms. The summed E-state index contributed by atoms with van der Waals surface area (Å²) < 4.78 is 14.5. The molecule has 11 heteroatoms. The maximum atomic E-state index is 12.5. The first-order chi connectivity index (χ1) is 15.4. The fourth-order valence-corrected chi connectivity index (χ4v) is 3.28. The van der Waals surface area contributed by atoms with E-state index in [9.17, 15) is 14.4 Å². The SMILES string of the molecule is COC(=O)c1ccc(C(=O)OC)c(NC(=O)CSc2n[nH]c(-c3ccc(OC)cc3)n2)c1. The van der Waals surface area contributed by atoms with E-state index in [1.165, 1.54) is 32.4 Å². The van der Waals surface area contributed by atoms with E-state index in [0.29, 0.717) is 11.0 Å². The third kappa shape index (κ3) is 5.43. The average molecular weight is 456 g/mol. The van der Waals surface area contributed by atoms with Gasteiger partial charge in [-0.1, -0.05) is 11.8 Å². The molecule has 1 heterocycles. The molecule has 0 aliphatic heterocycles. The van der Waals surface area contributed by atoms with Crippen molar-refractivity contribution in [1.82, 2.24) is 15.2 Å². The van der Waals surface area contributed by atoms with Crippen molar-refractivity contribution in [3.05, 3.63) is 53.6 Å². The van der Waals surface area contributed by atoms with Crippen LogP contribution in [0.4, 0.5) is 5.69 Å². The number of benzene rings is 2. The van der Waals surface area contributed by atoms with Crippen molar-refractivity contribution in [2.75, 3.05) is 32.4 Å². The van der Waals surface area contributed by atoms with Crippen molar-refractivity contribution in [2.24, 2.45) is 0 Å². The lowest BCUT2D eigenvalue weighted by molar-refractivity contribution is -0.113. The summed E-state index contributed by atoms with van der Waals surface area (Å²) in [5, 5.41) is 9.92. The summed E-state index contributed by atoms with van der Waals surface area (Å²) in [4.78, 5) is 40.6. The molecule has 0 atom stereocenters. The Hall–Kier alpha value is -3.86. The molecule has 0 aliphatic rings. The van der Waals surface area contributed by atoms with Crippen molar-refractivity contribution in [1.29, 1.82) is 0 Å². The van der Waals surface area contributed by atoms with Gasteiger partial charge in [-0.15, -0.1) is 5.10 Å². The van der Waals surface area contributed by atoms with E-state index in [2.05, 4.69) is 25.2 Å². The van der Waals surface area contributed by atoms with Gasteiger partial charge in [0.25, 0.3) is 0 Å². The molecule has 0 saturated heterocycles. The molecule has 2 aromatic carbocycles. The number of nitrogens with one attached hydrogen (secondary N) is 2. The van der Waals surface area contributed by atoms with Crippen LogP contribution < -0.4 is 10.1 Å². The first-order valence-corrected chi connectivity index (χ1v) is 10.2. The number of methoxy groups -OCH3 is 3. The number of rotatable bonds is 8. The number of carbonyl (C=O) groups is 3. The monoisotopic (exact) mass is 456 g/mol. The predicted molar refractivity (Wildman–Crippen MR) is 117 cm³/mol. The molecule has 2 N–H and O–H groups in total. The van der Waals surface area contributed by atoms with Gasteiger partial charge in [0.15, 0.2) is 5.82 Å². The maximum absolute atomic E-state index is 12.5. The van der Waals surface area contributed by atoms with Crippen molar-refractivity contribution in [3.8, 4) is 17.1 Å². The van der Waals surface area contributed by atoms with Crippen LogP contribution in [0.5, 0.6) is 5.75 Å². The topological polar surface area (TPSA) is 133 Å². The van der Waals surface area contributed by atoms with Crippen molar-refractivity contribution in [3.63, 3.8) is 0 Å². The highest BCUT2D eigenvalue weighted by molar-refractivity contribution is 7.99. The fraction of sp³-hybridized carbons (Fsp3) is 0.190. The molecule has 32 heavy (non-hydrogen) atoms. The molecule has 0 unspecified atom stereocenters. The molecular formula is C21H20N4O6S. The predicted octanol–water partition coefficient (Wildman–Crippen LogP) is 2.78. The van der Waals surface area contributed by atoms with Gasteiger partial charge in [0, 0.05) is 5.56 Å². The van der Waals surface area contributed by atoms with Crippen LogP contribution in [0.1, 0.15) is 20.7 Å². The van der Waals surface area contributed by atoms with E-state index >= 15 is 0 Å². The highest BCUT2D eigenvalue weighted by Crippen LogP contribution is 2.23. The maximum Gasteiger partial charge on any atom is 0.339 e. The Morgan fingerprint density at radius 2 is 1.72 bits per heavy atom. The molecule has 0 spiro atoms. The van der Waals surface area contributed by atoms with E-state index in [-0.39, 0.29) is 22.6 Å². The second-order valence-corrected chi connectivity index (χ2v) is 7.22. The standard InChI is InChI=1S/C21H20N4O6S/c1-29-14-7-4-12(5-8-14)18-23-21(25-24-18)32-11-17(26)22-16-10-13(19(27)30-2)6-9-15(16)20(28)31-3/h4-10H,11H2,1-3H3,(H,22,26)(H,23,24,25). The first kappa shape index (κ1) is 22.8. The number of H-pyrrole nitrogens is 1. The summed E-state index contributed by atoms with van der Waals surface area (Å²) in [7, 11) is 4.05. The minimum atomic E-state index is -0.650. The lowest BCUT2D eigenvalue weighted by atomic mass is 10.1. The zero-order chi connectivity index (χ0) is 23.1. The van der Waals surface area contributed by atoms with E-state index in [4.69, 9.17) is 9.47 Å². The quantitative estimate of drug-likeness (QED) is 0.388. The Morgan fingerprint density at radius 3 is 2.38 bits per heavy atom. The number of nitrogens with zero attached hydrogens (tertiary/aromatic N) is 2. The van der Waals surface area contributed by atoms with Crippen molar-refractivity contribution < 1.29 is 28.6 Å². The zero-order valence-electron chi connectivity index (χ0n) is 17.5. The number of hydrogen-bond acceptors (Lipinski definition) is 9. The molecule has 0 aliphatic carbocycles. The summed E-state index contributed by atoms with van der Waals surface area (Å²) >= 11 is 1.11. The third-order valence-electron chi connectivity index (χ3n) is 4.28. The van der Waals surface area contributed by atoms with Gasteiger partial charge >= 0.3 is 11.9 Å². The lowest BCUT2D eigenvalue weighted by Gasteiger charge is -2.11. The van der Waals surface area contributed by atoms with E-state index < -0.39 is 17.8 Å². The number of ether oxygens (including phenoxy) is 3. The van der Waals surface area contributed by atoms with Crippen LogP contribution in [0, 0.1) is 0 Å². The molecule has 0 saturated carbocycles. The number of thioether (sulfide) groups is 1. The van der Waals surface area contributed by atoms with Gasteiger partial charge in [0.1, 0.15) is 5.75 Å². The van der Waals surface area contributed by atoms with Gasteiger partial charge < -0.3 is 19.5 Å². The summed E-state index contributed by atoms with van der Waals surface area (Å²) in [5.41, 5.74) is 1.25. The Morgan fingerprint density at radius 1 is 1.00 bits per heavy atom. The van der Waals surface area contributed by atoms with Crippen LogP contribution in [0.15, 0.2) is 47.6 Å². The molecule has 0 radical (unpaired) electrons. The van der Waals surface area contributed by atoms with Crippen molar-refractivity contribution in [2.45, 2.75) is 5.16 Å². The molecule has 3 aromatic rings. The first-order valence-electron chi connectivity index (χ1n) is 9.25. The second kappa shape index (κ2) is 10.4. The molecule has 3 rings (SSSR count). The Kier molecular flexibility index (Phi) is 7.45. The molecule has 1 aromatic heterocycles. The van der Waals surface area contributed by atoms with Gasteiger partial charge in [-0.3, -0.25) is 9.89 Å². The number of carbonyl (C=O) groups excluding carboxylic acids is 3. The number of hydrogen-bond donors (Lipinski definition) is 2. The van der Waals surface area contributed by atoms with Crippen molar-refractivity contribution >= 4 is 35.3 Å². The van der Waals surface area contributed by atoms with Gasteiger partial charge in [-0.25, -0.2) is 14.6 Å². The normalized spacial score (nSPS) is 10.3. The highest BCUT2D eigenvalue weighted by Gasteiger charge is 2.18. The number of aromatic nitrogens is 3. The Bertz CT molecular complexity index is 1130. The molecule has 0 fully saturated rings. The van der Waals surface area contributed by atoms with Crippen LogP contribution in [-0.2, 0) is 14.3 Å². The van der Waals surface area contributed by atoms with Crippen LogP contribution in [0.3, 0.4) is 0 Å². The molecule has 10 nitrogen and oxygen atoms in total. The summed E-state index contributed by atoms with van der Waals surface area (Å²) in [6.45, 7) is 0. The van der Waals surface area contributed by atoms with Gasteiger partial charge in [0.05, 0.1) is 43.9 Å². The molecule has 1 amide bonds. The Labute approximate surface area is 187 Å². The van der Waals surface area contributed by atoms with Crippen LogP contribution in [-0.4, -0.2) is 60.1 Å². The average Bonchev–Trinajstić information content (AvgIpc) is 3.31. The molecular weight excluding hydrogens is 436 g/mol. The molecule has 166 valence electrons. The summed E-state index contributed by atoms with van der Waals surface area (Å²) in [6, 6.07) is 11.4. The third-order valence-corrected chi connectivity index (χ3v) is 5.13. The van der Waals surface area contributed by atoms with E-state index in [0.717, 1.165) is 23.1 Å². The van der Waals surface area contributed by atoms with Crippen LogP contribution >= 0.6 is 11.8 Å². The second-order valence-electron chi connectivity index (χ2n) is 6.28. The number of esters is 2. The largest absolute Gasteiger partial charge is 0.497 e. The number of aromatic amines is 1. The summed E-state index contributed by atoms with van der Waals surface area (Å²) in [5.74, 6) is -0.418. The van der Waals surface area contributed by atoms with E-state index in [1.54, 1.807) is 19.2 Å². The smallest absolute Gasteiger partial charge is 0.339 e. The Balaban J connectivity index is 1.67.